The molecule has 1 aromatic heterocycles. The minimum Gasteiger partial charge on any atom is -0.495 e. The molecular formula is C21H19FN2O2S. The fraction of sp³-hybridized carbons (Fsp3) is 0.238. The monoisotopic (exact) mass is 382 g/mol. The van der Waals surface area contributed by atoms with Crippen molar-refractivity contribution in [1.29, 1.82) is 0 Å². The van der Waals surface area contributed by atoms with Crippen molar-refractivity contribution in [3.8, 4) is 16.3 Å². The van der Waals surface area contributed by atoms with Gasteiger partial charge in [0.25, 0.3) is 5.91 Å². The van der Waals surface area contributed by atoms with Crippen LogP contribution in [0.25, 0.3) is 10.6 Å². The second-order valence-electron chi connectivity index (χ2n) is 6.47. The molecule has 4 nitrogen and oxygen atoms in total. The van der Waals surface area contributed by atoms with Crippen LogP contribution >= 0.6 is 11.3 Å². The molecule has 1 aliphatic rings. The zero-order chi connectivity index (χ0) is 19.0. The van der Waals surface area contributed by atoms with Gasteiger partial charge in [0, 0.05) is 12.1 Å². The summed E-state index contributed by atoms with van der Waals surface area (Å²) < 4.78 is 18.7. The minimum atomic E-state index is -0.291. The Morgan fingerprint density at radius 1 is 1.22 bits per heavy atom. The number of amides is 1. The molecule has 0 unspecified atom stereocenters. The number of anilines is 1. The second-order valence-corrected chi connectivity index (χ2v) is 7.47. The highest BCUT2D eigenvalue weighted by atomic mass is 32.1. The number of aryl methyl sites for hydroxylation is 2. The maximum atomic E-state index is 13.3. The molecule has 0 N–H and O–H groups in total. The van der Waals surface area contributed by atoms with E-state index in [-0.39, 0.29) is 11.7 Å². The van der Waals surface area contributed by atoms with Gasteiger partial charge in [-0.25, -0.2) is 9.37 Å². The number of ether oxygens (including phenoxy) is 1. The molecule has 4 rings (SSSR count). The molecule has 0 saturated carbocycles. The number of carbonyl (C=O) groups excluding carboxylic acids is 1. The van der Waals surface area contributed by atoms with Crippen LogP contribution in [0.5, 0.6) is 5.75 Å². The fourth-order valence-electron chi connectivity index (χ4n) is 3.42. The average Bonchev–Trinajstić information content (AvgIpc) is 3.08. The van der Waals surface area contributed by atoms with Gasteiger partial charge < -0.3 is 9.64 Å². The molecule has 0 aliphatic carbocycles. The van der Waals surface area contributed by atoms with Crippen molar-refractivity contribution in [1.82, 2.24) is 4.98 Å². The van der Waals surface area contributed by atoms with Crippen LogP contribution in [0.15, 0.2) is 42.5 Å². The first-order chi connectivity index (χ1) is 13.1. The van der Waals surface area contributed by atoms with Gasteiger partial charge in [0.1, 0.15) is 21.5 Å². The molecule has 6 heteroatoms. The Balaban J connectivity index is 1.72. The molecule has 0 spiro atoms. The highest BCUT2D eigenvalue weighted by Crippen LogP contribution is 2.38. The number of thiazole rings is 1. The summed E-state index contributed by atoms with van der Waals surface area (Å²) in [4.78, 5) is 20.3. The van der Waals surface area contributed by atoms with E-state index in [0.29, 0.717) is 27.9 Å². The first kappa shape index (κ1) is 17.7. The van der Waals surface area contributed by atoms with Gasteiger partial charge in [0.05, 0.1) is 18.5 Å². The predicted molar refractivity (Wildman–Crippen MR) is 105 cm³/mol. The van der Waals surface area contributed by atoms with Gasteiger partial charge in [0.2, 0.25) is 0 Å². The van der Waals surface area contributed by atoms with Crippen LogP contribution in [0.4, 0.5) is 10.1 Å². The Morgan fingerprint density at radius 3 is 2.74 bits per heavy atom. The lowest BCUT2D eigenvalue weighted by molar-refractivity contribution is 0.0987. The largest absolute Gasteiger partial charge is 0.495 e. The van der Waals surface area contributed by atoms with E-state index >= 15 is 0 Å². The number of nitrogens with zero attached hydrogens (tertiary/aromatic N) is 2. The molecule has 2 aromatic carbocycles. The van der Waals surface area contributed by atoms with Crippen molar-refractivity contribution in [2.24, 2.45) is 0 Å². The van der Waals surface area contributed by atoms with Gasteiger partial charge in [-0.2, -0.15) is 0 Å². The Hall–Kier alpha value is -2.73. The number of methoxy groups -OCH3 is 1. The first-order valence-corrected chi connectivity index (χ1v) is 9.61. The third kappa shape index (κ3) is 3.21. The first-order valence-electron chi connectivity index (χ1n) is 8.79. The topological polar surface area (TPSA) is 42.4 Å². The highest BCUT2D eigenvalue weighted by molar-refractivity contribution is 7.17. The van der Waals surface area contributed by atoms with Crippen molar-refractivity contribution in [3.63, 3.8) is 0 Å². The molecule has 3 aromatic rings. The van der Waals surface area contributed by atoms with E-state index < -0.39 is 0 Å². The van der Waals surface area contributed by atoms with Crippen LogP contribution in [0.2, 0.25) is 0 Å². The van der Waals surface area contributed by atoms with Crippen LogP contribution in [0.1, 0.15) is 27.3 Å². The molecule has 0 saturated heterocycles. The van der Waals surface area contributed by atoms with E-state index in [2.05, 4.69) is 4.98 Å². The van der Waals surface area contributed by atoms with Gasteiger partial charge in [0.15, 0.2) is 0 Å². The number of aromatic nitrogens is 1. The Morgan fingerprint density at radius 2 is 2.00 bits per heavy atom. The van der Waals surface area contributed by atoms with Crippen LogP contribution in [-0.4, -0.2) is 24.5 Å². The van der Waals surface area contributed by atoms with Gasteiger partial charge in [-0.3, -0.25) is 4.79 Å². The van der Waals surface area contributed by atoms with E-state index in [9.17, 15) is 9.18 Å². The number of halogens is 1. The number of hydrogen-bond donors (Lipinski definition) is 0. The zero-order valence-electron chi connectivity index (χ0n) is 15.2. The van der Waals surface area contributed by atoms with Crippen LogP contribution in [-0.2, 0) is 6.42 Å². The molecule has 138 valence electrons. The molecule has 0 fully saturated rings. The molecule has 0 bridgehead atoms. The van der Waals surface area contributed by atoms with Gasteiger partial charge >= 0.3 is 0 Å². The summed E-state index contributed by atoms with van der Waals surface area (Å²) in [6.07, 6.45) is 1.84. The van der Waals surface area contributed by atoms with Crippen LogP contribution in [0.3, 0.4) is 0 Å². The average molecular weight is 382 g/mol. The second kappa shape index (κ2) is 7.12. The van der Waals surface area contributed by atoms with Crippen molar-refractivity contribution in [2.75, 3.05) is 18.6 Å². The summed E-state index contributed by atoms with van der Waals surface area (Å²) in [5, 5.41) is 0.716. The standard InChI is InChI=1S/C21H19FN2O2S/c1-13-19(27-20(23-13)15-8-10-16(22)11-9-15)21(25)24-12-4-6-14-5-3-7-17(26-2)18(14)24/h3,5,7-11H,4,6,12H2,1-2H3. The Labute approximate surface area is 161 Å². The summed E-state index contributed by atoms with van der Waals surface area (Å²) in [6.45, 7) is 2.49. The van der Waals surface area contributed by atoms with Crippen LogP contribution < -0.4 is 9.64 Å². The molecule has 0 atom stereocenters. The lowest BCUT2D eigenvalue weighted by Crippen LogP contribution is -2.35. The Bertz CT molecular complexity index is 984. The number of benzene rings is 2. The lowest BCUT2D eigenvalue weighted by Gasteiger charge is -2.30. The summed E-state index contributed by atoms with van der Waals surface area (Å²) in [7, 11) is 1.62. The quantitative estimate of drug-likeness (QED) is 0.650. The smallest absolute Gasteiger partial charge is 0.270 e. The van der Waals surface area contributed by atoms with Crippen molar-refractivity contribution in [2.45, 2.75) is 19.8 Å². The number of para-hydroxylation sites is 1. The normalized spacial score (nSPS) is 13.4. The number of carbonyl (C=O) groups is 1. The summed E-state index contributed by atoms with van der Waals surface area (Å²) in [5.74, 6) is 0.352. The van der Waals surface area contributed by atoms with E-state index in [0.717, 1.165) is 29.7 Å². The minimum absolute atomic E-state index is 0.0659. The molecule has 0 radical (unpaired) electrons. The SMILES string of the molecule is COc1cccc2c1N(C(=O)c1sc(-c3ccc(F)cc3)nc1C)CCC2. The summed E-state index contributed by atoms with van der Waals surface area (Å²) >= 11 is 1.34. The molecule has 27 heavy (non-hydrogen) atoms. The predicted octanol–water partition coefficient (Wildman–Crippen LogP) is 4.86. The molecule has 2 heterocycles. The van der Waals surface area contributed by atoms with Crippen molar-refractivity contribution in [3.05, 3.63) is 64.4 Å². The zero-order valence-corrected chi connectivity index (χ0v) is 16.0. The third-order valence-corrected chi connectivity index (χ3v) is 5.92. The number of hydrogen-bond acceptors (Lipinski definition) is 4. The van der Waals surface area contributed by atoms with Gasteiger partial charge in [-0.05, 0) is 55.7 Å². The summed E-state index contributed by atoms with van der Waals surface area (Å²) in [6, 6.07) is 12.0. The number of rotatable bonds is 3. The van der Waals surface area contributed by atoms with E-state index in [1.54, 1.807) is 24.1 Å². The summed E-state index contributed by atoms with van der Waals surface area (Å²) in [5.41, 5.74) is 3.47. The van der Waals surface area contributed by atoms with Gasteiger partial charge in [-0.1, -0.05) is 12.1 Å². The third-order valence-electron chi connectivity index (χ3n) is 4.73. The van der Waals surface area contributed by atoms with Crippen LogP contribution in [0, 0.1) is 12.7 Å². The van der Waals surface area contributed by atoms with Crippen molar-refractivity contribution < 1.29 is 13.9 Å². The lowest BCUT2D eigenvalue weighted by atomic mass is 10.0. The van der Waals surface area contributed by atoms with E-state index in [1.165, 1.54) is 23.5 Å². The Kier molecular flexibility index (Phi) is 4.66. The molecule has 1 aliphatic heterocycles. The molecule has 1 amide bonds. The highest BCUT2D eigenvalue weighted by Gasteiger charge is 2.29. The number of fused-ring (bicyclic) bond motifs is 1. The van der Waals surface area contributed by atoms with Crippen molar-refractivity contribution >= 4 is 22.9 Å². The maximum absolute atomic E-state index is 13.3. The molecular weight excluding hydrogens is 363 g/mol. The van der Waals surface area contributed by atoms with E-state index in [4.69, 9.17) is 4.74 Å². The maximum Gasteiger partial charge on any atom is 0.270 e. The van der Waals surface area contributed by atoms with E-state index in [1.807, 2.05) is 25.1 Å². The fourth-order valence-corrected chi connectivity index (χ4v) is 4.44. The van der Waals surface area contributed by atoms with Gasteiger partial charge in [-0.15, -0.1) is 11.3 Å².